The van der Waals surface area contributed by atoms with Gasteiger partial charge in [-0.05, 0) is 5.56 Å². The molecule has 110 valence electrons. The van der Waals surface area contributed by atoms with Crippen molar-refractivity contribution in [3.8, 4) is 0 Å². The monoisotopic (exact) mass is 430 g/mol. The Morgan fingerprint density at radius 3 is 1.75 bits per heavy atom. The summed E-state index contributed by atoms with van der Waals surface area (Å²) in [6.07, 6.45) is 0. The fourth-order valence-electron chi connectivity index (χ4n) is 2.03. The molecule has 1 aromatic rings. The van der Waals surface area contributed by atoms with E-state index in [-0.39, 0.29) is 10.1 Å². The molecule has 0 amide bonds. The number of hydrogen-bond acceptors (Lipinski definition) is 0. The third-order valence-electron chi connectivity index (χ3n) is 3.04. The van der Waals surface area contributed by atoms with Gasteiger partial charge in [-0.3, -0.25) is 0 Å². The van der Waals surface area contributed by atoms with Crippen LogP contribution >= 0.6 is 92.8 Å². The molecule has 0 spiro atoms. The van der Waals surface area contributed by atoms with E-state index in [2.05, 4.69) is 0 Å². The standard InChI is InChI=1S/C12H6Cl8/c13-8-9(14)12(19,20)11(17,18)7(10(8,15)16)6-4-2-1-3-5-6/h1-5,7H. The molecular formula is C12H6Cl8. The Balaban J connectivity index is 2.73. The first-order valence-electron chi connectivity index (χ1n) is 5.29. The van der Waals surface area contributed by atoms with Crippen LogP contribution in [0.3, 0.4) is 0 Å². The number of allylic oxidation sites excluding steroid dienone is 2. The molecule has 0 N–H and O–H groups in total. The third kappa shape index (κ3) is 2.55. The molecule has 0 nitrogen and oxygen atoms in total. The first-order chi connectivity index (χ1) is 9.04. The molecule has 0 radical (unpaired) electrons. The van der Waals surface area contributed by atoms with Crippen LogP contribution in [0.25, 0.3) is 0 Å². The minimum absolute atomic E-state index is 0.0988. The molecule has 0 heterocycles. The zero-order valence-electron chi connectivity index (χ0n) is 9.49. The van der Waals surface area contributed by atoms with Gasteiger partial charge in [-0.15, -0.1) is 0 Å². The third-order valence-corrected chi connectivity index (χ3v) is 7.66. The van der Waals surface area contributed by atoms with E-state index >= 15 is 0 Å². The van der Waals surface area contributed by atoms with Crippen molar-refractivity contribution in [2.24, 2.45) is 0 Å². The van der Waals surface area contributed by atoms with E-state index in [1.807, 2.05) is 6.07 Å². The molecule has 0 aromatic heterocycles. The van der Waals surface area contributed by atoms with Crippen molar-refractivity contribution < 1.29 is 0 Å². The molecule has 1 unspecified atom stereocenters. The van der Waals surface area contributed by atoms with Gasteiger partial charge in [-0.1, -0.05) is 123 Å². The highest BCUT2D eigenvalue weighted by Crippen LogP contribution is 2.67. The van der Waals surface area contributed by atoms with Crippen molar-refractivity contribution >= 4 is 92.8 Å². The molecule has 8 heteroatoms. The maximum atomic E-state index is 6.36. The summed E-state index contributed by atoms with van der Waals surface area (Å²) in [5, 5.41) is -0.289. The van der Waals surface area contributed by atoms with Crippen LogP contribution in [0.1, 0.15) is 11.5 Å². The summed E-state index contributed by atoms with van der Waals surface area (Å²) in [4.78, 5) is 0. The predicted octanol–water partition coefficient (Wildman–Crippen LogP) is 6.99. The van der Waals surface area contributed by atoms with Crippen molar-refractivity contribution in [1.29, 1.82) is 0 Å². The van der Waals surface area contributed by atoms with Crippen LogP contribution in [-0.2, 0) is 0 Å². The molecule has 0 fully saturated rings. The second-order valence-electron chi connectivity index (χ2n) is 4.29. The molecule has 1 atom stereocenters. The van der Waals surface area contributed by atoms with Crippen LogP contribution in [0.15, 0.2) is 40.4 Å². The van der Waals surface area contributed by atoms with Crippen LogP contribution in [0.5, 0.6) is 0 Å². The van der Waals surface area contributed by atoms with E-state index in [0.29, 0.717) is 5.56 Å². The van der Waals surface area contributed by atoms with Crippen LogP contribution in [0.4, 0.5) is 0 Å². The van der Waals surface area contributed by atoms with E-state index in [1.165, 1.54) is 0 Å². The van der Waals surface area contributed by atoms with Gasteiger partial charge in [0.2, 0.25) is 0 Å². The highest BCUT2D eigenvalue weighted by Gasteiger charge is 2.66. The van der Waals surface area contributed by atoms with Crippen molar-refractivity contribution in [3.05, 3.63) is 46.0 Å². The highest BCUT2D eigenvalue weighted by atomic mass is 35.5. The van der Waals surface area contributed by atoms with E-state index in [4.69, 9.17) is 92.8 Å². The van der Waals surface area contributed by atoms with E-state index in [9.17, 15) is 0 Å². The van der Waals surface area contributed by atoms with Gasteiger partial charge in [-0.2, -0.15) is 0 Å². The van der Waals surface area contributed by atoms with Gasteiger partial charge in [0.1, 0.15) is 0 Å². The average molecular weight is 434 g/mol. The summed E-state index contributed by atoms with van der Waals surface area (Å²) in [6, 6.07) is 8.87. The fourth-order valence-corrected chi connectivity index (χ4v) is 5.04. The summed E-state index contributed by atoms with van der Waals surface area (Å²) in [5.41, 5.74) is 0.635. The zero-order chi connectivity index (χ0) is 15.3. The molecule has 2 rings (SSSR count). The van der Waals surface area contributed by atoms with Crippen LogP contribution in [0.2, 0.25) is 0 Å². The molecule has 1 aliphatic carbocycles. The lowest BCUT2D eigenvalue weighted by Gasteiger charge is -2.48. The Morgan fingerprint density at radius 2 is 1.25 bits per heavy atom. The number of benzene rings is 1. The molecule has 0 saturated carbocycles. The molecule has 1 aromatic carbocycles. The minimum atomic E-state index is -1.84. The smallest absolute Gasteiger partial charge is 0.0970 e. The number of rotatable bonds is 1. The SMILES string of the molecule is ClC1=C(Cl)C(Cl)(Cl)C(Cl)(Cl)C(c2ccccc2)C1(Cl)Cl. The van der Waals surface area contributed by atoms with Crippen molar-refractivity contribution in [2.45, 2.75) is 18.9 Å². The van der Waals surface area contributed by atoms with Gasteiger partial charge in [0.25, 0.3) is 0 Å². The second-order valence-corrected chi connectivity index (χ2v) is 9.15. The normalized spacial score (nSPS) is 27.5. The lowest BCUT2D eigenvalue weighted by atomic mass is 9.85. The lowest BCUT2D eigenvalue weighted by molar-refractivity contribution is 0.525. The summed E-state index contributed by atoms with van der Waals surface area (Å²) in [6.45, 7) is 0. The van der Waals surface area contributed by atoms with Crippen LogP contribution < -0.4 is 0 Å². The Labute approximate surface area is 156 Å². The van der Waals surface area contributed by atoms with Crippen molar-refractivity contribution in [3.63, 3.8) is 0 Å². The average Bonchev–Trinajstić information content (AvgIpc) is 2.36. The molecule has 0 saturated heterocycles. The number of hydrogen-bond donors (Lipinski definition) is 0. The minimum Gasteiger partial charge on any atom is -0.0970 e. The molecule has 20 heavy (non-hydrogen) atoms. The van der Waals surface area contributed by atoms with Gasteiger partial charge in [0.05, 0.1) is 16.0 Å². The summed E-state index contributed by atoms with van der Waals surface area (Å²) < 4.78 is -5.28. The first-order valence-corrected chi connectivity index (χ1v) is 8.31. The van der Waals surface area contributed by atoms with Crippen molar-refractivity contribution in [2.75, 3.05) is 0 Å². The second kappa shape index (κ2) is 5.73. The number of halogens is 8. The highest BCUT2D eigenvalue weighted by molar-refractivity contribution is 6.70. The summed E-state index contributed by atoms with van der Waals surface area (Å²) >= 11 is 49.9. The maximum absolute atomic E-state index is 6.36. The Morgan fingerprint density at radius 1 is 0.750 bits per heavy atom. The lowest BCUT2D eigenvalue weighted by Crippen LogP contribution is -2.53. The molecule has 0 bridgehead atoms. The maximum Gasteiger partial charge on any atom is 0.188 e. The van der Waals surface area contributed by atoms with Gasteiger partial charge < -0.3 is 0 Å². The molecular weight excluding hydrogens is 428 g/mol. The van der Waals surface area contributed by atoms with Gasteiger partial charge in [-0.25, -0.2) is 0 Å². The Bertz CT molecular complexity index is 546. The zero-order valence-corrected chi connectivity index (χ0v) is 15.5. The summed E-state index contributed by atoms with van der Waals surface area (Å²) in [7, 11) is 0. The van der Waals surface area contributed by atoms with Gasteiger partial charge >= 0.3 is 0 Å². The van der Waals surface area contributed by atoms with Crippen molar-refractivity contribution in [1.82, 2.24) is 0 Å². The van der Waals surface area contributed by atoms with Crippen LogP contribution in [0, 0.1) is 0 Å². The number of alkyl halides is 6. The van der Waals surface area contributed by atoms with Gasteiger partial charge in [0, 0.05) is 0 Å². The predicted molar refractivity (Wildman–Crippen MR) is 91.2 cm³/mol. The van der Waals surface area contributed by atoms with E-state index in [0.717, 1.165) is 0 Å². The largest absolute Gasteiger partial charge is 0.188 e. The summed E-state index contributed by atoms with van der Waals surface area (Å²) in [5.74, 6) is -0.882. The van der Waals surface area contributed by atoms with Gasteiger partial charge in [0.15, 0.2) is 13.0 Å². The Hall–Kier alpha value is 1.28. The van der Waals surface area contributed by atoms with E-state index in [1.54, 1.807) is 24.3 Å². The topological polar surface area (TPSA) is 0 Å². The fraction of sp³-hybridized carbons (Fsp3) is 0.333. The van der Waals surface area contributed by atoms with E-state index < -0.39 is 18.9 Å². The molecule has 1 aliphatic rings. The first kappa shape index (κ1) is 17.6. The molecule has 0 aliphatic heterocycles. The Kier molecular flexibility index (Phi) is 5.05. The van der Waals surface area contributed by atoms with Crippen LogP contribution in [-0.4, -0.2) is 13.0 Å². The quantitative estimate of drug-likeness (QED) is 0.418.